The van der Waals surface area contributed by atoms with E-state index >= 15 is 0 Å². The van der Waals surface area contributed by atoms with Crippen LogP contribution in [0.2, 0.25) is 0 Å². The third kappa shape index (κ3) is 2.11. The molecule has 1 aliphatic heterocycles. The number of rotatable bonds is 2. The molecule has 1 fully saturated rings. The van der Waals surface area contributed by atoms with Crippen molar-refractivity contribution in [1.82, 2.24) is 15.5 Å². The molecule has 0 aromatic carbocycles. The number of carbonyl (C=O) groups is 1. The van der Waals surface area contributed by atoms with E-state index in [1.165, 1.54) is 0 Å². The maximum absolute atomic E-state index is 11.3. The third-order valence-corrected chi connectivity index (χ3v) is 2.23. The zero-order chi connectivity index (χ0) is 8.97. The zero-order valence-electron chi connectivity index (χ0n) is 7.76. The standard InChI is InChI=1S/C8H17N3O/c1-3-10-8(12)11(2)7-4-5-9-6-7/h7,9H,3-6H2,1-2H3,(H,10,12). The molecule has 1 heterocycles. The summed E-state index contributed by atoms with van der Waals surface area (Å²) in [5.74, 6) is 0. The smallest absolute Gasteiger partial charge is 0.317 e. The van der Waals surface area contributed by atoms with Crippen molar-refractivity contribution >= 4 is 6.03 Å². The molecule has 2 amide bonds. The molecular formula is C8H17N3O. The number of nitrogens with zero attached hydrogens (tertiary/aromatic N) is 1. The van der Waals surface area contributed by atoms with E-state index in [0.29, 0.717) is 12.6 Å². The predicted molar refractivity (Wildman–Crippen MR) is 48.1 cm³/mol. The first kappa shape index (κ1) is 9.32. The summed E-state index contributed by atoms with van der Waals surface area (Å²) in [6.45, 7) is 4.57. The lowest BCUT2D eigenvalue weighted by Crippen LogP contribution is -2.44. The summed E-state index contributed by atoms with van der Waals surface area (Å²) in [5.41, 5.74) is 0. The first-order valence-corrected chi connectivity index (χ1v) is 4.47. The van der Waals surface area contributed by atoms with E-state index in [9.17, 15) is 4.79 Å². The summed E-state index contributed by atoms with van der Waals surface area (Å²) in [7, 11) is 1.85. The number of urea groups is 1. The second-order valence-electron chi connectivity index (χ2n) is 3.09. The fourth-order valence-electron chi connectivity index (χ4n) is 1.41. The fraction of sp³-hybridized carbons (Fsp3) is 0.875. The number of nitrogens with one attached hydrogen (secondary N) is 2. The van der Waals surface area contributed by atoms with Gasteiger partial charge in [-0.3, -0.25) is 0 Å². The lowest BCUT2D eigenvalue weighted by atomic mass is 10.2. The Morgan fingerprint density at radius 1 is 1.75 bits per heavy atom. The molecule has 4 heteroatoms. The van der Waals surface area contributed by atoms with Gasteiger partial charge in [0.05, 0.1) is 0 Å². The molecule has 4 nitrogen and oxygen atoms in total. The first-order chi connectivity index (χ1) is 5.75. The quantitative estimate of drug-likeness (QED) is 0.614. The van der Waals surface area contributed by atoms with Crippen molar-refractivity contribution in [1.29, 1.82) is 0 Å². The molecule has 1 atom stereocenters. The Morgan fingerprint density at radius 2 is 2.50 bits per heavy atom. The summed E-state index contributed by atoms with van der Waals surface area (Å²) in [6, 6.07) is 0.405. The molecule has 12 heavy (non-hydrogen) atoms. The number of hydrogen-bond donors (Lipinski definition) is 2. The van der Waals surface area contributed by atoms with Gasteiger partial charge in [0.1, 0.15) is 0 Å². The monoisotopic (exact) mass is 171 g/mol. The first-order valence-electron chi connectivity index (χ1n) is 4.47. The van der Waals surface area contributed by atoms with Gasteiger partial charge in [-0.05, 0) is 19.9 Å². The molecular weight excluding hydrogens is 154 g/mol. The van der Waals surface area contributed by atoms with Gasteiger partial charge in [-0.2, -0.15) is 0 Å². The van der Waals surface area contributed by atoms with Gasteiger partial charge in [0.2, 0.25) is 0 Å². The molecule has 70 valence electrons. The molecule has 1 aliphatic rings. The van der Waals surface area contributed by atoms with Crippen molar-refractivity contribution in [2.45, 2.75) is 19.4 Å². The van der Waals surface area contributed by atoms with Crippen molar-refractivity contribution in [2.24, 2.45) is 0 Å². The molecule has 1 saturated heterocycles. The van der Waals surface area contributed by atoms with Gasteiger partial charge in [0.15, 0.2) is 0 Å². The van der Waals surface area contributed by atoms with E-state index in [-0.39, 0.29) is 6.03 Å². The molecule has 1 unspecified atom stereocenters. The van der Waals surface area contributed by atoms with Crippen molar-refractivity contribution in [3.8, 4) is 0 Å². The van der Waals surface area contributed by atoms with Crippen molar-refractivity contribution in [3.63, 3.8) is 0 Å². The molecule has 0 radical (unpaired) electrons. The minimum atomic E-state index is 0.0335. The highest BCUT2D eigenvalue weighted by Crippen LogP contribution is 2.05. The topological polar surface area (TPSA) is 44.4 Å². The highest BCUT2D eigenvalue weighted by molar-refractivity contribution is 5.74. The molecule has 0 aliphatic carbocycles. The molecule has 2 N–H and O–H groups in total. The summed E-state index contributed by atoms with van der Waals surface area (Å²) >= 11 is 0. The van der Waals surface area contributed by atoms with Gasteiger partial charge in [-0.25, -0.2) is 4.79 Å². The van der Waals surface area contributed by atoms with Crippen LogP contribution in [0.4, 0.5) is 4.79 Å². The number of carbonyl (C=O) groups excluding carboxylic acids is 1. The van der Waals surface area contributed by atoms with E-state index in [1.54, 1.807) is 4.90 Å². The molecule has 1 rings (SSSR count). The lowest BCUT2D eigenvalue weighted by molar-refractivity contribution is 0.194. The molecule has 0 aromatic rings. The summed E-state index contributed by atoms with van der Waals surface area (Å²) in [4.78, 5) is 13.1. The Hall–Kier alpha value is -0.770. The highest BCUT2D eigenvalue weighted by atomic mass is 16.2. The summed E-state index contributed by atoms with van der Waals surface area (Å²) < 4.78 is 0. The Labute approximate surface area is 73.3 Å². The number of hydrogen-bond acceptors (Lipinski definition) is 2. The Morgan fingerprint density at radius 3 is 3.00 bits per heavy atom. The number of amides is 2. The van der Waals surface area contributed by atoms with Gasteiger partial charge < -0.3 is 15.5 Å². The van der Waals surface area contributed by atoms with Crippen LogP contribution in [-0.2, 0) is 0 Å². The normalized spacial score (nSPS) is 22.3. The van der Waals surface area contributed by atoms with E-state index < -0.39 is 0 Å². The van der Waals surface area contributed by atoms with Crippen LogP contribution in [0.15, 0.2) is 0 Å². The third-order valence-electron chi connectivity index (χ3n) is 2.23. The summed E-state index contributed by atoms with van der Waals surface area (Å²) in [6.07, 6.45) is 1.06. The van der Waals surface area contributed by atoms with Crippen LogP contribution in [0.5, 0.6) is 0 Å². The predicted octanol–water partition coefficient (Wildman–Crippen LogP) is 0.00960. The van der Waals surface area contributed by atoms with Crippen LogP contribution < -0.4 is 10.6 Å². The largest absolute Gasteiger partial charge is 0.338 e. The Bertz CT molecular complexity index is 154. The van der Waals surface area contributed by atoms with Gasteiger partial charge >= 0.3 is 6.03 Å². The van der Waals surface area contributed by atoms with Crippen LogP contribution in [0.3, 0.4) is 0 Å². The van der Waals surface area contributed by atoms with Crippen LogP contribution in [-0.4, -0.2) is 43.7 Å². The fourth-order valence-corrected chi connectivity index (χ4v) is 1.41. The minimum Gasteiger partial charge on any atom is -0.338 e. The van der Waals surface area contributed by atoms with E-state index in [1.807, 2.05) is 14.0 Å². The molecule has 0 aromatic heterocycles. The van der Waals surface area contributed by atoms with E-state index in [4.69, 9.17) is 0 Å². The highest BCUT2D eigenvalue weighted by Gasteiger charge is 2.22. The van der Waals surface area contributed by atoms with Gasteiger partial charge in [-0.15, -0.1) is 0 Å². The molecule has 0 saturated carbocycles. The maximum Gasteiger partial charge on any atom is 0.317 e. The average molecular weight is 171 g/mol. The molecule has 0 bridgehead atoms. The number of likely N-dealkylation sites (N-methyl/N-ethyl adjacent to an activating group) is 1. The summed E-state index contributed by atoms with van der Waals surface area (Å²) in [5, 5.41) is 6.01. The zero-order valence-corrected chi connectivity index (χ0v) is 7.76. The maximum atomic E-state index is 11.3. The Kier molecular flexibility index (Phi) is 3.34. The van der Waals surface area contributed by atoms with Crippen LogP contribution >= 0.6 is 0 Å². The van der Waals surface area contributed by atoms with E-state index in [2.05, 4.69) is 10.6 Å². The second kappa shape index (κ2) is 4.30. The minimum absolute atomic E-state index is 0.0335. The lowest BCUT2D eigenvalue weighted by Gasteiger charge is -2.23. The average Bonchev–Trinajstić information content (AvgIpc) is 2.55. The van der Waals surface area contributed by atoms with Crippen molar-refractivity contribution in [2.75, 3.05) is 26.7 Å². The van der Waals surface area contributed by atoms with Crippen LogP contribution in [0.1, 0.15) is 13.3 Å². The van der Waals surface area contributed by atoms with Crippen molar-refractivity contribution in [3.05, 3.63) is 0 Å². The SMILES string of the molecule is CCNC(=O)N(C)C1CCNC1. The van der Waals surface area contributed by atoms with Crippen LogP contribution in [0, 0.1) is 0 Å². The van der Waals surface area contributed by atoms with Gasteiger partial charge in [-0.1, -0.05) is 0 Å². The van der Waals surface area contributed by atoms with Gasteiger partial charge in [0, 0.05) is 26.2 Å². The van der Waals surface area contributed by atoms with Crippen LogP contribution in [0.25, 0.3) is 0 Å². The van der Waals surface area contributed by atoms with E-state index in [0.717, 1.165) is 19.5 Å². The molecule has 0 spiro atoms. The van der Waals surface area contributed by atoms with Gasteiger partial charge in [0.25, 0.3) is 0 Å². The Balaban J connectivity index is 2.34. The van der Waals surface area contributed by atoms with Crippen molar-refractivity contribution < 1.29 is 4.79 Å². The second-order valence-corrected chi connectivity index (χ2v) is 3.09.